The number of thiazole rings is 1. The van der Waals surface area contributed by atoms with Crippen LogP contribution in [0.15, 0.2) is 47.4 Å². The van der Waals surface area contributed by atoms with Gasteiger partial charge in [0.1, 0.15) is 10.9 Å². The Morgan fingerprint density at radius 2 is 1.76 bits per heavy atom. The highest BCUT2D eigenvalue weighted by Gasteiger charge is 2.41. The third-order valence-electron chi connectivity index (χ3n) is 8.17. The maximum Gasteiger partial charge on any atom is 0.347 e. The first-order valence-corrected chi connectivity index (χ1v) is 16.8. The first-order chi connectivity index (χ1) is 20.0. The predicted molar refractivity (Wildman–Crippen MR) is 164 cm³/mol. The highest BCUT2D eigenvalue weighted by molar-refractivity contribution is 7.89. The highest BCUT2D eigenvalue weighted by atomic mass is 32.2. The standard InChI is InChI=1S/C31H38N4O5S2/c1-20(2)23-11-9-22(10-12-23)18-32-29(36)27-19-34(31-33-21(3)28(41-31)30(37)38)15-16-35(27)42(39,40)26-14-13-24-7-5-4-6-8-25(24)17-26/h9-14,17,20,27H,4-8,15-16,18-19H2,1-3H3,(H,32,36)(H,37,38). The highest BCUT2D eigenvalue weighted by Crippen LogP contribution is 2.31. The van der Waals surface area contributed by atoms with E-state index in [0.717, 1.165) is 54.6 Å². The minimum atomic E-state index is -3.99. The number of hydrogen-bond acceptors (Lipinski definition) is 7. The smallest absolute Gasteiger partial charge is 0.347 e. The van der Waals surface area contributed by atoms with Gasteiger partial charge in [0.05, 0.1) is 10.6 Å². The Morgan fingerprint density at radius 1 is 1.05 bits per heavy atom. The molecule has 42 heavy (non-hydrogen) atoms. The molecule has 0 spiro atoms. The van der Waals surface area contributed by atoms with Crippen LogP contribution >= 0.6 is 11.3 Å². The molecule has 0 radical (unpaired) electrons. The Kier molecular flexibility index (Phi) is 9.00. The van der Waals surface area contributed by atoms with Gasteiger partial charge in [0.15, 0.2) is 5.13 Å². The quantitative estimate of drug-likeness (QED) is 0.354. The number of nitrogens with one attached hydrogen (secondary N) is 1. The van der Waals surface area contributed by atoms with Crippen LogP contribution in [0.1, 0.15) is 76.6 Å². The fourth-order valence-electron chi connectivity index (χ4n) is 5.67. The number of aromatic carboxylic acids is 1. The monoisotopic (exact) mass is 610 g/mol. The average molecular weight is 611 g/mol. The molecule has 2 N–H and O–H groups in total. The van der Waals surface area contributed by atoms with Gasteiger partial charge < -0.3 is 15.3 Å². The molecule has 3 aromatic rings. The minimum absolute atomic E-state index is 0.0638. The number of anilines is 1. The molecule has 1 aliphatic carbocycles. The van der Waals surface area contributed by atoms with Gasteiger partial charge in [-0.25, -0.2) is 18.2 Å². The number of nitrogens with zero attached hydrogens (tertiary/aromatic N) is 3. The number of carboxylic acid groups (broad SMARTS) is 1. The fraction of sp³-hybridized carbons (Fsp3) is 0.452. The number of fused-ring (bicyclic) bond motifs is 1. The van der Waals surface area contributed by atoms with E-state index < -0.39 is 27.9 Å². The van der Waals surface area contributed by atoms with Gasteiger partial charge in [0, 0.05) is 26.2 Å². The van der Waals surface area contributed by atoms with Crippen molar-refractivity contribution < 1.29 is 23.1 Å². The molecule has 1 amide bonds. The first kappa shape index (κ1) is 30.2. The van der Waals surface area contributed by atoms with E-state index in [1.165, 1.54) is 15.4 Å². The van der Waals surface area contributed by atoms with E-state index in [0.29, 0.717) is 16.7 Å². The molecule has 2 aliphatic rings. The summed E-state index contributed by atoms with van der Waals surface area (Å²) in [7, 11) is -3.99. The van der Waals surface area contributed by atoms with Crippen molar-refractivity contribution in [3.63, 3.8) is 0 Å². The van der Waals surface area contributed by atoms with Crippen LogP contribution in [0.2, 0.25) is 0 Å². The van der Waals surface area contributed by atoms with Crippen molar-refractivity contribution in [2.75, 3.05) is 24.5 Å². The number of aryl methyl sites for hydroxylation is 3. The maximum atomic E-state index is 14.1. The van der Waals surface area contributed by atoms with Crippen molar-refractivity contribution >= 4 is 38.4 Å². The number of carboxylic acids is 1. The molecule has 1 aromatic heterocycles. The van der Waals surface area contributed by atoms with E-state index in [-0.39, 0.29) is 36.0 Å². The summed E-state index contributed by atoms with van der Waals surface area (Å²) in [5, 5.41) is 12.9. The summed E-state index contributed by atoms with van der Waals surface area (Å²) in [6.07, 6.45) is 5.05. The Balaban J connectivity index is 1.42. The molecule has 1 atom stereocenters. The maximum absolute atomic E-state index is 14.1. The molecule has 1 unspecified atom stereocenters. The zero-order valence-corrected chi connectivity index (χ0v) is 25.9. The van der Waals surface area contributed by atoms with Crippen molar-refractivity contribution in [2.24, 2.45) is 0 Å². The van der Waals surface area contributed by atoms with Gasteiger partial charge in [-0.1, -0.05) is 61.9 Å². The number of aromatic nitrogens is 1. The van der Waals surface area contributed by atoms with Crippen molar-refractivity contribution in [1.29, 1.82) is 0 Å². The second-order valence-corrected chi connectivity index (χ2v) is 14.3. The van der Waals surface area contributed by atoms with E-state index in [9.17, 15) is 23.1 Å². The number of carbonyl (C=O) groups is 2. The lowest BCUT2D eigenvalue weighted by atomic mass is 10.0. The molecular weight excluding hydrogens is 572 g/mol. The second kappa shape index (κ2) is 12.5. The zero-order chi connectivity index (χ0) is 30.0. The number of rotatable bonds is 8. The molecule has 1 aliphatic heterocycles. The van der Waals surface area contributed by atoms with E-state index >= 15 is 0 Å². The zero-order valence-electron chi connectivity index (χ0n) is 24.3. The Bertz CT molecular complexity index is 1570. The summed E-state index contributed by atoms with van der Waals surface area (Å²) in [5.74, 6) is -1.07. The Labute approximate surface area is 251 Å². The van der Waals surface area contributed by atoms with Gasteiger partial charge in [-0.2, -0.15) is 4.31 Å². The van der Waals surface area contributed by atoms with Crippen LogP contribution in [0.4, 0.5) is 5.13 Å². The lowest BCUT2D eigenvalue weighted by molar-refractivity contribution is -0.125. The van der Waals surface area contributed by atoms with Gasteiger partial charge in [-0.05, 0) is 72.9 Å². The number of sulfonamides is 1. The number of benzene rings is 2. The summed E-state index contributed by atoms with van der Waals surface area (Å²) in [5.41, 5.74) is 4.78. The van der Waals surface area contributed by atoms with Gasteiger partial charge >= 0.3 is 5.97 Å². The van der Waals surface area contributed by atoms with Crippen LogP contribution in [0.5, 0.6) is 0 Å². The second-order valence-electron chi connectivity index (χ2n) is 11.4. The molecular formula is C31H38N4O5S2. The topological polar surface area (TPSA) is 120 Å². The molecule has 0 bridgehead atoms. The van der Waals surface area contributed by atoms with Gasteiger partial charge in [-0.15, -0.1) is 0 Å². The summed E-state index contributed by atoms with van der Waals surface area (Å²) in [6.45, 7) is 6.56. The number of amides is 1. The largest absolute Gasteiger partial charge is 0.477 e. The average Bonchev–Trinajstić information content (AvgIpc) is 3.22. The van der Waals surface area contributed by atoms with Crippen LogP contribution in [-0.2, 0) is 34.2 Å². The van der Waals surface area contributed by atoms with Crippen LogP contribution in [0, 0.1) is 6.92 Å². The van der Waals surface area contributed by atoms with Gasteiger partial charge in [0.2, 0.25) is 15.9 Å². The number of piperazine rings is 1. The molecule has 1 saturated heterocycles. The van der Waals surface area contributed by atoms with Gasteiger partial charge in [-0.3, -0.25) is 4.79 Å². The van der Waals surface area contributed by atoms with E-state index in [4.69, 9.17) is 0 Å². The summed E-state index contributed by atoms with van der Waals surface area (Å²) >= 11 is 1.04. The molecule has 9 nitrogen and oxygen atoms in total. The van der Waals surface area contributed by atoms with Crippen LogP contribution in [0.25, 0.3) is 0 Å². The number of hydrogen-bond donors (Lipinski definition) is 2. The molecule has 11 heteroatoms. The number of carbonyl (C=O) groups excluding carboxylic acids is 1. The van der Waals surface area contributed by atoms with E-state index in [2.05, 4.69) is 24.1 Å². The van der Waals surface area contributed by atoms with Crippen molar-refractivity contribution in [1.82, 2.24) is 14.6 Å². The Hall–Kier alpha value is -3.28. The van der Waals surface area contributed by atoms with Crippen molar-refractivity contribution in [2.45, 2.75) is 76.3 Å². The van der Waals surface area contributed by atoms with Crippen molar-refractivity contribution in [3.05, 3.63) is 75.3 Å². The summed E-state index contributed by atoms with van der Waals surface area (Å²) in [6, 6.07) is 12.4. The lowest BCUT2D eigenvalue weighted by Crippen LogP contribution is -2.60. The molecule has 2 aromatic carbocycles. The minimum Gasteiger partial charge on any atom is -0.477 e. The van der Waals surface area contributed by atoms with E-state index in [1.807, 2.05) is 35.2 Å². The van der Waals surface area contributed by atoms with E-state index in [1.54, 1.807) is 19.1 Å². The van der Waals surface area contributed by atoms with Gasteiger partial charge in [0.25, 0.3) is 0 Å². The molecule has 5 rings (SSSR count). The molecule has 0 saturated carbocycles. The Morgan fingerprint density at radius 3 is 2.43 bits per heavy atom. The SMILES string of the molecule is Cc1nc(N2CCN(S(=O)(=O)c3ccc4c(c3)CCCCC4)C(C(=O)NCc3ccc(C(C)C)cc3)C2)sc1C(=O)O. The normalized spacial score (nSPS) is 18.0. The summed E-state index contributed by atoms with van der Waals surface area (Å²) < 4.78 is 29.5. The fourth-order valence-corrected chi connectivity index (χ4v) is 8.23. The molecule has 1 fully saturated rings. The lowest BCUT2D eigenvalue weighted by Gasteiger charge is -2.39. The van der Waals surface area contributed by atoms with Crippen LogP contribution < -0.4 is 10.2 Å². The van der Waals surface area contributed by atoms with Crippen LogP contribution in [-0.4, -0.2) is 60.4 Å². The molecule has 2 heterocycles. The third kappa shape index (κ3) is 6.38. The predicted octanol–water partition coefficient (Wildman–Crippen LogP) is 4.74. The first-order valence-electron chi connectivity index (χ1n) is 14.5. The van der Waals surface area contributed by atoms with Crippen molar-refractivity contribution in [3.8, 4) is 0 Å². The third-order valence-corrected chi connectivity index (χ3v) is 11.3. The molecule has 224 valence electrons. The summed E-state index contributed by atoms with van der Waals surface area (Å²) in [4.78, 5) is 31.9. The van der Waals surface area contributed by atoms with Crippen LogP contribution in [0.3, 0.4) is 0 Å².